The third-order valence-corrected chi connectivity index (χ3v) is 2.33. The predicted octanol–water partition coefficient (Wildman–Crippen LogP) is 0.676. The van der Waals surface area contributed by atoms with Gasteiger partial charge in [0.05, 0.1) is 30.5 Å². The smallest absolute Gasteiger partial charge is 0.313 e. The molecular weight excluding hydrogens is 240 g/mol. The molecule has 0 aliphatic carbocycles. The van der Waals surface area contributed by atoms with Crippen LogP contribution in [0.25, 0.3) is 5.69 Å². The number of ether oxygens (including phenoxy) is 1. The van der Waals surface area contributed by atoms with Gasteiger partial charge in [-0.3, -0.25) is 10.1 Å². The maximum Gasteiger partial charge on any atom is 0.313 e. The first-order valence-corrected chi connectivity index (χ1v) is 5.00. The van der Waals surface area contributed by atoms with Crippen molar-refractivity contribution >= 4 is 5.69 Å². The average molecular weight is 250 g/mol. The normalized spacial score (nSPS) is 10.3. The van der Waals surface area contributed by atoms with Crippen molar-refractivity contribution in [3.05, 3.63) is 40.2 Å². The Balaban J connectivity index is 2.46. The molecule has 0 aliphatic heterocycles. The lowest BCUT2D eigenvalue weighted by Crippen LogP contribution is -1.99. The summed E-state index contributed by atoms with van der Waals surface area (Å²) in [7, 11) is 1.36. The van der Waals surface area contributed by atoms with Crippen LogP contribution in [0.4, 0.5) is 5.69 Å². The highest BCUT2D eigenvalue weighted by Gasteiger charge is 2.16. The molecule has 1 N–H and O–H groups in total. The Morgan fingerprint density at radius 1 is 1.56 bits per heavy atom. The minimum Gasteiger partial charge on any atom is -0.490 e. The van der Waals surface area contributed by atoms with Crippen LogP contribution >= 0.6 is 0 Å². The number of nitro groups is 1. The van der Waals surface area contributed by atoms with Gasteiger partial charge in [-0.15, -0.1) is 5.10 Å². The molecule has 0 saturated carbocycles. The van der Waals surface area contributed by atoms with Gasteiger partial charge in [-0.25, -0.2) is 4.68 Å². The Hall–Kier alpha value is -2.48. The summed E-state index contributed by atoms with van der Waals surface area (Å²) in [4.78, 5) is 10.3. The standard InChI is InChI=1S/C10H10N4O4/c1-18-10-3-2-8(4-9(10)14(16)17)13-5-7(6-15)11-12-13/h2-5,15H,6H2,1H3. The van der Waals surface area contributed by atoms with Crippen molar-refractivity contribution in [2.75, 3.05) is 7.11 Å². The van der Waals surface area contributed by atoms with Crippen LogP contribution in [0.3, 0.4) is 0 Å². The van der Waals surface area contributed by atoms with Crippen LogP contribution in [0.1, 0.15) is 5.69 Å². The molecule has 0 fully saturated rings. The lowest BCUT2D eigenvalue weighted by molar-refractivity contribution is -0.385. The lowest BCUT2D eigenvalue weighted by Gasteiger charge is -2.04. The third-order valence-electron chi connectivity index (χ3n) is 2.33. The van der Waals surface area contributed by atoms with E-state index in [1.54, 1.807) is 6.07 Å². The molecule has 8 heteroatoms. The fraction of sp³-hybridized carbons (Fsp3) is 0.200. The zero-order chi connectivity index (χ0) is 13.1. The molecular formula is C10H10N4O4. The zero-order valence-corrected chi connectivity index (χ0v) is 9.48. The number of benzene rings is 1. The first kappa shape index (κ1) is 12.0. The lowest BCUT2D eigenvalue weighted by atomic mass is 10.2. The zero-order valence-electron chi connectivity index (χ0n) is 9.48. The summed E-state index contributed by atoms with van der Waals surface area (Å²) in [6.45, 7) is -0.238. The van der Waals surface area contributed by atoms with E-state index in [1.165, 1.54) is 30.1 Å². The molecule has 0 bridgehead atoms. The van der Waals surface area contributed by atoms with Crippen LogP contribution in [-0.2, 0) is 6.61 Å². The summed E-state index contributed by atoms with van der Waals surface area (Å²) in [5, 5.41) is 27.2. The monoisotopic (exact) mass is 250 g/mol. The number of nitro benzene ring substituents is 1. The Labute approximate surface area is 102 Å². The number of methoxy groups -OCH3 is 1. The molecule has 0 radical (unpaired) electrons. The highest BCUT2D eigenvalue weighted by Crippen LogP contribution is 2.28. The largest absolute Gasteiger partial charge is 0.490 e. The highest BCUT2D eigenvalue weighted by molar-refractivity contribution is 5.53. The van der Waals surface area contributed by atoms with Crippen molar-refractivity contribution in [3.63, 3.8) is 0 Å². The Kier molecular flexibility index (Phi) is 3.20. The van der Waals surface area contributed by atoms with Crippen molar-refractivity contribution in [2.45, 2.75) is 6.61 Å². The van der Waals surface area contributed by atoms with Gasteiger partial charge in [-0.05, 0) is 12.1 Å². The van der Waals surface area contributed by atoms with E-state index in [-0.39, 0.29) is 18.0 Å². The highest BCUT2D eigenvalue weighted by atomic mass is 16.6. The first-order chi connectivity index (χ1) is 8.65. The summed E-state index contributed by atoms with van der Waals surface area (Å²) in [6.07, 6.45) is 1.49. The summed E-state index contributed by atoms with van der Waals surface area (Å²) in [5.74, 6) is 0.172. The fourth-order valence-electron chi connectivity index (χ4n) is 1.46. The molecule has 2 rings (SSSR count). The van der Waals surface area contributed by atoms with E-state index in [0.29, 0.717) is 11.4 Å². The second kappa shape index (κ2) is 4.80. The number of aliphatic hydroxyl groups is 1. The Morgan fingerprint density at radius 2 is 2.33 bits per heavy atom. The van der Waals surface area contributed by atoms with Crippen molar-refractivity contribution in [2.24, 2.45) is 0 Å². The van der Waals surface area contributed by atoms with Gasteiger partial charge >= 0.3 is 5.69 Å². The van der Waals surface area contributed by atoms with E-state index in [9.17, 15) is 10.1 Å². The predicted molar refractivity (Wildman–Crippen MR) is 60.5 cm³/mol. The van der Waals surface area contributed by atoms with Gasteiger partial charge in [-0.1, -0.05) is 5.21 Å². The molecule has 2 aromatic rings. The second-order valence-electron chi connectivity index (χ2n) is 3.43. The molecule has 0 unspecified atom stereocenters. The van der Waals surface area contributed by atoms with Crippen molar-refractivity contribution in [3.8, 4) is 11.4 Å². The number of hydrogen-bond donors (Lipinski definition) is 1. The van der Waals surface area contributed by atoms with Gasteiger partial charge in [0.25, 0.3) is 0 Å². The maximum absolute atomic E-state index is 10.9. The van der Waals surface area contributed by atoms with Crippen molar-refractivity contribution in [1.29, 1.82) is 0 Å². The Bertz CT molecular complexity index is 581. The molecule has 0 aliphatic rings. The van der Waals surface area contributed by atoms with E-state index >= 15 is 0 Å². The van der Waals surface area contributed by atoms with Gasteiger partial charge in [0.15, 0.2) is 5.75 Å². The molecule has 1 heterocycles. The van der Waals surface area contributed by atoms with Gasteiger partial charge in [0.2, 0.25) is 0 Å². The number of aromatic nitrogens is 3. The maximum atomic E-state index is 10.9. The van der Waals surface area contributed by atoms with Gasteiger partial charge in [0.1, 0.15) is 5.69 Å². The first-order valence-electron chi connectivity index (χ1n) is 5.00. The van der Waals surface area contributed by atoms with Crippen LogP contribution in [0.15, 0.2) is 24.4 Å². The summed E-state index contributed by atoms with van der Waals surface area (Å²) in [5.41, 5.74) is 0.694. The molecule has 94 valence electrons. The van der Waals surface area contributed by atoms with Crippen LogP contribution in [-0.4, -0.2) is 32.1 Å². The number of aliphatic hydroxyl groups excluding tert-OH is 1. The van der Waals surface area contributed by atoms with Gasteiger partial charge in [0, 0.05) is 6.07 Å². The molecule has 0 saturated heterocycles. The van der Waals surface area contributed by atoms with E-state index in [0.717, 1.165) is 0 Å². The minimum absolute atomic E-state index is 0.156. The summed E-state index contributed by atoms with van der Waals surface area (Å²) >= 11 is 0. The molecule has 1 aromatic heterocycles. The molecule has 0 spiro atoms. The van der Waals surface area contributed by atoms with Crippen molar-refractivity contribution < 1.29 is 14.8 Å². The van der Waals surface area contributed by atoms with E-state index < -0.39 is 4.92 Å². The van der Waals surface area contributed by atoms with Crippen molar-refractivity contribution in [1.82, 2.24) is 15.0 Å². The van der Waals surface area contributed by atoms with E-state index in [1.807, 2.05) is 0 Å². The molecule has 0 atom stereocenters. The molecule has 0 amide bonds. The Morgan fingerprint density at radius 3 is 2.89 bits per heavy atom. The number of hydrogen-bond acceptors (Lipinski definition) is 6. The van der Waals surface area contributed by atoms with Crippen LogP contribution in [0, 0.1) is 10.1 Å². The summed E-state index contributed by atoms with van der Waals surface area (Å²) < 4.78 is 6.24. The second-order valence-corrected chi connectivity index (χ2v) is 3.43. The minimum atomic E-state index is -0.535. The van der Waals surface area contributed by atoms with E-state index in [4.69, 9.17) is 9.84 Å². The van der Waals surface area contributed by atoms with Gasteiger partial charge in [-0.2, -0.15) is 0 Å². The summed E-state index contributed by atoms with van der Waals surface area (Å²) in [6, 6.07) is 4.42. The average Bonchev–Trinajstić information content (AvgIpc) is 2.86. The SMILES string of the molecule is COc1ccc(-n2cc(CO)nn2)cc1[N+](=O)[O-]. The molecule has 1 aromatic carbocycles. The van der Waals surface area contributed by atoms with E-state index in [2.05, 4.69) is 10.3 Å². The van der Waals surface area contributed by atoms with Crippen LogP contribution < -0.4 is 4.74 Å². The molecule has 18 heavy (non-hydrogen) atoms. The topological polar surface area (TPSA) is 103 Å². The number of nitrogens with zero attached hydrogens (tertiary/aromatic N) is 4. The van der Waals surface area contributed by atoms with Crippen LogP contribution in [0.2, 0.25) is 0 Å². The quantitative estimate of drug-likeness (QED) is 0.632. The molecule has 8 nitrogen and oxygen atoms in total. The van der Waals surface area contributed by atoms with Gasteiger partial charge < -0.3 is 9.84 Å². The van der Waals surface area contributed by atoms with Crippen LogP contribution in [0.5, 0.6) is 5.75 Å². The number of rotatable bonds is 4. The fourth-order valence-corrected chi connectivity index (χ4v) is 1.46. The third kappa shape index (κ3) is 2.13.